The number of nitrogens with one attached hydrogen (secondary N) is 1. The molecule has 1 aliphatic rings. The van der Waals surface area contributed by atoms with Crippen LogP contribution < -0.4 is 10.2 Å². The Morgan fingerprint density at radius 1 is 1.07 bits per heavy atom. The van der Waals surface area contributed by atoms with Gasteiger partial charge in [-0.1, -0.05) is 42.0 Å². The Morgan fingerprint density at radius 2 is 1.74 bits per heavy atom. The summed E-state index contributed by atoms with van der Waals surface area (Å²) < 4.78 is 5.17. The summed E-state index contributed by atoms with van der Waals surface area (Å²) in [6.07, 6.45) is 0.0913. The Morgan fingerprint density at radius 3 is 2.44 bits per heavy atom. The predicted octanol–water partition coefficient (Wildman–Crippen LogP) is 2.84. The van der Waals surface area contributed by atoms with Gasteiger partial charge in [0.15, 0.2) is 6.61 Å². The first-order chi connectivity index (χ1) is 12.8. The maximum atomic E-state index is 12.8. The molecule has 3 rings (SSSR count). The molecule has 0 aromatic heterocycles. The summed E-state index contributed by atoms with van der Waals surface area (Å²) in [5.74, 6) is -1.22. The molecule has 0 saturated carbocycles. The van der Waals surface area contributed by atoms with Crippen LogP contribution in [0.5, 0.6) is 0 Å². The van der Waals surface area contributed by atoms with Crippen LogP contribution in [0.25, 0.3) is 0 Å². The Hall–Kier alpha value is -3.15. The lowest BCUT2D eigenvalue weighted by molar-refractivity contribution is -0.147. The molecule has 2 aromatic carbocycles. The normalized spacial score (nSPS) is 14.9. The summed E-state index contributed by atoms with van der Waals surface area (Å²) in [4.78, 5) is 38.7. The Kier molecular flexibility index (Phi) is 4.99. The van der Waals surface area contributed by atoms with Gasteiger partial charge < -0.3 is 10.1 Å². The van der Waals surface area contributed by atoms with Crippen LogP contribution >= 0.6 is 0 Å². The van der Waals surface area contributed by atoms with Crippen molar-refractivity contribution in [3.8, 4) is 0 Å². The number of ether oxygens (including phenoxy) is 1. The lowest BCUT2D eigenvalue weighted by atomic mass is 9.96. The van der Waals surface area contributed by atoms with Crippen molar-refractivity contribution in [2.45, 2.75) is 32.7 Å². The van der Waals surface area contributed by atoms with Crippen LogP contribution in [-0.4, -0.2) is 29.9 Å². The maximum absolute atomic E-state index is 12.8. The summed E-state index contributed by atoms with van der Waals surface area (Å²) >= 11 is 0. The topological polar surface area (TPSA) is 75.7 Å². The van der Waals surface area contributed by atoms with Gasteiger partial charge >= 0.3 is 5.97 Å². The van der Waals surface area contributed by atoms with Crippen molar-refractivity contribution >= 4 is 29.2 Å². The number of rotatable bonds is 4. The minimum absolute atomic E-state index is 0.0913. The number of carbonyl (C=O) groups is 3. The van der Waals surface area contributed by atoms with Crippen molar-refractivity contribution in [2.24, 2.45) is 0 Å². The SMILES string of the molecule is Cc1ccc(CC(=O)OCC(=O)N2c3ccccc3NC(=O)C2(C)C)cc1. The van der Waals surface area contributed by atoms with Crippen LogP contribution in [0.1, 0.15) is 25.0 Å². The lowest BCUT2D eigenvalue weighted by Gasteiger charge is -2.41. The predicted molar refractivity (Wildman–Crippen MR) is 102 cm³/mol. The number of nitrogens with zero attached hydrogens (tertiary/aromatic N) is 1. The van der Waals surface area contributed by atoms with Gasteiger partial charge in [-0.3, -0.25) is 19.3 Å². The molecule has 1 N–H and O–H groups in total. The van der Waals surface area contributed by atoms with Crippen LogP contribution in [-0.2, 0) is 25.5 Å². The average molecular weight is 366 g/mol. The molecule has 140 valence electrons. The zero-order valence-corrected chi connectivity index (χ0v) is 15.6. The van der Waals surface area contributed by atoms with Gasteiger partial charge in [0.25, 0.3) is 5.91 Å². The largest absolute Gasteiger partial charge is 0.455 e. The van der Waals surface area contributed by atoms with Gasteiger partial charge in [0.2, 0.25) is 5.91 Å². The minimum Gasteiger partial charge on any atom is -0.455 e. The van der Waals surface area contributed by atoms with Crippen molar-refractivity contribution in [2.75, 3.05) is 16.8 Å². The molecule has 0 saturated heterocycles. The minimum atomic E-state index is -1.09. The monoisotopic (exact) mass is 366 g/mol. The Bertz CT molecular complexity index is 887. The van der Waals surface area contributed by atoms with Gasteiger partial charge in [0, 0.05) is 0 Å². The highest BCUT2D eigenvalue weighted by atomic mass is 16.5. The second-order valence-electron chi connectivity index (χ2n) is 7.08. The molecule has 6 heteroatoms. The molecule has 0 radical (unpaired) electrons. The van der Waals surface area contributed by atoms with Crippen molar-refractivity contribution < 1.29 is 19.1 Å². The molecular weight excluding hydrogens is 344 g/mol. The van der Waals surface area contributed by atoms with Crippen LogP contribution in [0.2, 0.25) is 0 Å². The number of para-hydroxylation sites is 2. The van der Waals surface area contributed by atoms with Crippen LogP contribution in [0, 0.1) is 6.92 Å². The summed E-state index contributed by atoms with van der Waals surface area (Å²) in [6, 6.07) is 14.6. The van der Waals surface area contributed by atoms with E-state index in [4.69, 9.17) is 4.74 Å². The first-order valence-corrected chi connectivity index (χ1v) is 8.74. The van der Waals surface area contributed by atoms with Gasteiger partial charge in [0.05, 0.1) is 17.8 Å². The van der Waals surface area contributed by atoms with Gasteiger partial charge in [-0.15, -0.1) is 0 Å². The summed E-state index contributed by atoms with van der Waals surface area (Å²) in [5.41, 5.74) is 1.98. The second-order valence-corrected chi connectivity index (χ2v) is 7.08. The number of esters is 1. The molecule has 0 spiro atoms. The second kappa shape index (κ2) is 7.23. The molecule has 0 fully saturated rings. The van der Waals surface area contributed by atoms with E-state index in [1.165, 1.54) is 4.90 Å². The quantitative estimate of drug-likeness (QED) is 0.845. The van der Waals surface area contributed by atoms with Gasteiger partial charge in [-0.2, -0.15) is 0 Å². The van der Waals surface area contributed by atoms with E-state index < -0.39 is 24.0 Å². The third-order valence-electron chi connectivity index (χ3n) is 4.58. The van der Waals surface area contributed by atoms with E-state index in [9.17, 15) is 14.4 Å². The fourth-order valence-corrected chi connectivity index (χ4v) is 3.03. The number of carbonyl (C=O) groups excluding carboxylic acids is 3. The number of benzene rings is 2. The smallest absolute Gasteiger partial charge is 0.310 e. The van der Waals surface area contributed by atoms with Crippen LogP contribution in [0.3, 0.4) is 0 Å². The van der Waals surface area contributed by atoms with E-state index in [1.807, 2.05) is 31.2 Å². The fraction of sp³-hybridized carbons (Fsp3) is 0.286. The van der Waals surface area contributed by atoms with Crippen molar-refractivity contribution in [1.82, 2.24) is 0 Å². The van der Waals surface area contributed by atoms with E-state index in [1.54, 1.807) is 38.1 Å². The molecule has 1 aliphatic heterocycles. The van der Waals surface area contributed by atoms with Crippen molar-refractivity contribution in [3.05, 3.63) is 59.7 Å². The lowest BCUT2D eigenvalue weighted by Crippen LogP contribution is -2.59. The number of hydrogen-bond acceptors (Lipinski definition) is 4. The summed E-state index contributed by atoms with van der Waals surface area (Å²) in [6.45, 7) is 4.86. The maximum Gasteiger partial charge on any atom is 0.310 e. The Labute approximate surface area is 158 Å². The number of hydrogen-bond donors (Lipinski definition) is 1. The van der Waals surface area contributed by atoms with Crippen LogP contribution in [0.4, 0.5) is 11.4 Å². The molecule has 2 amide bonds. The van der Waals surface area contributed by atoms with E-state index in [-0.39, 0.29) is 12.3 Å². The van der Waals surface area contributed by atoms with Gasteiger partial charge in [-0.05, 0) is 38.5 Å². The molecular formula is C21H22N2O4. The highest BCUT2D eigenvalue weighted by Crippen LogP contribution is 2.36. The highest BCUT2D eigenvalue weighted by Gasteiger charge is 2.43. The van der Waals surface area contributed by atoms with Gasteiger partial charge in [0.1, 0.15) is 5.54 Å². The first kappa shape index (κ1) is 18.6. The number of amides is 2. The van der Waals surface area contributed by atoms with Crippen LogP contribution in [0.15, 0.2) is 48.5 Å². The molecule has 0 unspecified atom stereocenters. The van der Waals surface area contributed by atoms with E-state index in [0.717, 1.165) is 11.1 Å². The third-order valence-corrected chi connectivity index (χ3v) is 4.58. The van der Waals surface area contributed by atoms with E-state index in [2.05, 4.69) is 5.32 Å². The summed E-state index contributed by atoms with van der Waals surface area (Å²) in [7, 11) is 0. The first-order valence-electron chi connectivity index (χ1n) is 8.74. The molecule has 27 heavy (non-hydrogen) atoms. The molecule has 0 atom stereocenters. The molecule has 6 nitrogen and oxygen atoms in total. The number of anilines is 2. The Balaban J connectivity index is 1.70. The average Bonchev–Trinajstić information content (AvgIpc) is 2.62. The van der Waals surface area contributed by atoms with E-state index >= 15 is 0 Å². The van der Waals surface area contributed by atoms with E-state index in [0.29, 0.717) is 11.4 Å². The molecule has 0 bridgehead atoms. The zero-order valence-electron chi connectivity index (χ0n) is 15.6. The molecule has 1 heterocycles. The molecule has 2 aromatic rings. The number of fused-ring (bicyclic) bond motifs is 1. The third kappa shape index (κ3) is 3.84. The van der Waals surface area contributed by atoms with Gasteiger partial charge in [-0.25, -0.2) is 0 Å². The zero-order chi connectivity index (χ0) is 19.6. The summed E-state index contributed by atoms with van der Waals surface area (Å²) in [5, 5.41) is 2.80. The standard InChI is InChI=1S/C21H22N2O4/c1-14-8-10-15(11-9-14)12-19(25)27-13-18(24)23-17-7-5-4-6-16(17)22-20(26)21(23,2)3/h4-11H,12-13H2,1-3H3,(H,22,26). The fourth-order valence-electron chi connectivity index (χ4n) is 3.03. The number of aryl methyl sites for hydroxylation is 1. The van der Waals surface area contributed by atoms with Crippen molar-refractivity contribution in [1.29, 1.82) is 0 Å². The highest BCUT2D eigenvalue weighted by molar-refractivity contribution is 6.14. The molecule has 0 aliphatic carbocycles. The van der Waals surface area contributed by atoms with Crippen molar-refractivity contribution in [3.63, 3.8) is 0 Å².